The second-order valence-corrected chi connectivity index (χ2v) is 12.0. The average Bonchev–Trinajstić information content (AvgIpc) is 3.09. The molecule has 2 aliphatic rings. The lowest BCUT2D eigenvalue weighted by molar-refractivity contribution is -0.308. The SMILES string of the molecule is COc1cc(CC(CO[C@H]2O[C@@H](CO)[C@H](O)[C@@H](O)[C@@H]2O)C(CO[C@H]2O[C@@H](CO)[C@H](O)[C@@H](O)[C@@H]2O)Cc2ccc(O)c(OC)c2)ccc1O. The molecule has 48 heavy (non-hydrogen) atoms. The normalized spacial score (nSPS) is 32.0. The molecule has 0 aliphatic carbocycles. The highest BCUT2D eigenvalue weighted by molar-refractivity contribution is 5.43. The van der Waals surface area contributed by atoms with Crippen molar-refractivity contribution in [1.29, 1.82) is 0 Å². The Balaban J connectivity index is 1.66. The summed E-state index contributed by atoms with van der Waals surface area (Å²) in [5, 5.41) is 102. The van der Waals surface area contributed by atoms with Crippen molar-refractivity contribution in [2.45, 2.75) is 74.3 Å². The zero-order valence-corrected chi connectivity index (χ0v) is 26.6. The lowest BCUT2D eigenvalue weighted by Crippen LogP contribution is -2.59. The Morgan fingerprint density at radius 1 is 0.583 bits per heavy atom. The van der Waals surface area contributed by atoms with Crippen molar-refractivity contribution in [3.05, 3.63) is 47.5 Å². The Bertz CT molecular complexity index is 1200. The number of phenols is 2. The van der Waals surface area contributed by atoms with Crippen LogP contribution in [-0.2, 0) is 31.8 Å². The first-order valence-corrected chi connectivity index (χ1v) is 15.5. The van der Waals surface area contributed by atoms with Gasteiger partial charge in [-0.3, -0.25) is 0 Å². The molecule has 0 radical (unpaired) electrons. The van der Waals surface area contributed by atoms with Gasteiger partial charge in [0.2, 0.25) is 0 Å². The number of rotatable bonds is 15. The summed E-state index contributed by atoms with van der Waals surface area (Å²) in [5.74, 6) is -0.854. The quantitative estimate of drug-likeness (QED) is 0.0951. The zero-order chi connectivity index (χ0) is 35.1. The van der Waals surface area contributed by atoms with Crippen LogP contribution < -0.4 is 9.47 Å². The van der Waals surface area contributed by atoms with E-state index in [2.05, 4.69) is 0 Å². The summed E-state index contributed by atoms with van der Waals surface area (Å²) in [7, 11) is 2.79. The highest BCUT2D eigenvalue weighted by Gasteiger charge is 2.46. The van der Waals surface area contributed by atoms with Gasteiger partial charge in [0.25, 0.3) is 0 Å². The maximum absolute atomic E-state index is 10.6. The van der Waals surface area contributed by atoms with Crippen LogP contribution in [0.1, 0.15) is 11.1 Å². The molecule has 270 valence electrons. The molecule has 0 aromatic heterocycles. The van der Waals surface area contributed by atoms with Crippen molar-refractivity contribution < 1.29 is 79.5 Å². The summed E-state index contributed by atoms with van der Waals surface area (Å²) in [6.45, 7) is -1.63. The minimum absolute atomic E-state index is 0.0888. The summed E-state index contributed by atoms with van der Waals surface area (Å²) >= 11 is 0. The number of aromatic hydroxyl groups is 2. The molecular weight excluding hydrogens is 640 g/mol. The molecule has 16 nitrogen and oxygen atoms in total. The van der Waals surface area contributed by atoms with E-state index in [1.54, 1.807) is 24.3 Å². The van der Waals surface area contributed by atoms with Crippen molar-refractivity contribution in [2.75, 3.05) is 40.6 Å². The molecular formula is C32H46O16. The molecule has 0 bridgehead atoms. The number of aliphatic hydroxyl groups excluding tert-OH is 8. The van der Waals surface area contributed by atoms with Crippen LogP contribution in [-0.4, -0.2) is 153 Å². The van der Waals surface area contributed by atoms with E-state index in [9.17, 15) is 51.1 Å². The average molecular weight is 687 g/mol. The van der Waals surface area contributed by atoms with Crippen LogP contribution in [0.3, 0.4) is 0 Å². The molecule has 12 atom stereocenters. The molecule has 2 fully saturated rings. The topological polar surface area (TPSA) is 258 Å². The molecule has 0 saturated carbocycles. The highest BCUT2D eigenvalue weighted by Crippen LogP contribution is 2.34. The van der Waals surface area contributed by atoms with Gasteiger partial charge in [-0.1, -0.05) is 12.1 Å². The van der Waals surface area contributed by atoms with Crippen molar-refractivity contribution in [3.8, 4) is 23.0 Å². The van der Waals surface area contributed by atoms with Gasteiger partial charge in [0, 0.05) is 0 Å². The van der Waals surface area contributed by atoms with E-state index in [-0.39, 0.29) is 49.1 Å². The van der Waals surface area contributed by atoms with Crippen LogP contribution in [0.5, 0.6) is 23.0 Å². The first kappa shape index (κ1) is 38.0. The van der Waals surface area contributed by atoms with E-state index in [4.69, 9.17) is 28.4 Å². The molecule has 4 rings (SSSR count). The maximum atomic E-state index is 10.6. The van der Waals surface area contributed by atoms with E-state index < -0.39 is 86.5 Å². The number of hydrogen-bond acceptors (Lipinski definition) is 16. The number of aliphatic hydroxyl groups is 8. The predicted octanol–water partition coefficient (Wildman–Crippen LogP) is -2.23. The van der Waals surface area contributed by atoms with Crippen LogP contribution in [0.15, 0.2) is 36.4 Å². The van der Waals surface area contributed by atoms with Crippen molar-refractivity contribution >= 4 is 0 Å². The van der Waals surface area contributed by atoms with E-state index in [1.807, 2.05) is 0 Å². The number of ether oxygens (including phenoxy) is 6. The van der Waals surface area contributed by atoms with Gasteiger partial charge in [0.15, 0.2) is 35.6 Å². The second-order valence-electron chi connectivity index (χ2n) is 12.0. The summed E-state index contributed by atoms with van der Waals surface area (Å²) in [6.07, 6.45) is -14.7. The molecule has 0 amide bonds. The predicted molar refractivity (Wildman–Crippen MR) is 163 cm³/mol. The lowest BCUT2D eigenvalue weighted by atomic mass is 9.83. The van der Waals surface area contributed by atoms with E-state index in [1.165, 1.54) is 26.4 Å². The van der Waals surface area contributed by atoms with Gasteiger partial charge < -0.3 is 79.5 Å². The molecule has 10 N–H and O–H groups in total. The lowest BCUT2D eigenvalue weighted by Gasteiger charge is -2.41. The largest absolute Gasteiger partial charge is 0.504 e. The molecule has 2 aromatic carbocycles. The van der Waals surface area contributed by atoms with E-state index in [0.29, 0.717) is 11.1 Å². The van der Waals surface area contributed by atoms with E-state index >= 15 is 0 Å². The molecule has 2 saturated heterocycles. The van der Waals surface area contributed by atoms with Crippen LogP contribution in [0.2, 0.25) is 0 Å². The standard InChI is InChI=1S/C32H46O16/c1-43-21-9-15(3-5-19(21)35)7-17(13-45-31-29(41)27(39)25(37)23(11-33)47-31)18(8-16-4-6-20(36)22(10-16)44-2)14-46-32-30(42)28(40)26(38)24(12-34)48-32/h3-6,9-10,17-18,23-42H,7-8,11-14H2,1-2H3/t17?,18?,23-,24-,25-,26-,27+,28+,29-,30-,31-,32-/m0/s1. The molecule has 0 spiro atoms. The summed E-state index contributed by atoms with van der Waals surface area (Å²) in [4.78, 5) is 0. The fourth-order valence-electron chi connectivity index (χ4n) is 5.87. The first-order chi connectivity index (χ1) is 22.9. The number of benzene rings is 2. The molecule has 2 aromatic rings. The molecule has 2 unspecified atom stereocenters. The van der Waals surface area contributed by atoms with Gasteiger partial charge in [-0.15, -0.1) is 0 Å². The molecule has 2 aliphatic heterocycles. The Hall–Kier alpha value is -2.84. The summed E-state index contributed by atoms with van der Waals surface area (Å²) < 4.78 is 33.6. The minimum Gasteiger partial charge on any atom is -0.504 e. The smallest absolute Gasteiger partial charge is 0.186 e. The third kappa shape index (κ3) is 8.84. The summed E-state index contributed by atoms with van der Waals surface area (Å²) in [6, 6.07) is 9.47. The first-order valence-electron chi connectivity index (χ1n) is 15.5. The van der Waals surface area contributed by atoms with Crippen LogP contribution in [0.25, 0.3) is 0 Å². The Morgan fingerprint density at radius 3 is 1.29 bits per heavy atom. The second kappa shape index (κ2) is 17.2. The number of phenolic OH excluding ortho intramolecular Hbond substituents is 2. The Kier molecular flexibility index (Phi) is 13.6. The van der Waals surface area contributed by atoms with Gasteiger partial charge in [-0.2, -0.15) is 0 Å². The fraction of sp³-hybridized carbons (Fsp3) is 0.625. The van der Waals surface area contributed by atoms with Crippen LogP contribution in [0.4, 0.5) is 0 Å². The summed E-state index contributed by atoms with van der Waals surface area (Å²) in [5.41, 5.74) is 1.38. The van der Waals surface area contributed by atoms with E-state index in [0.717, 1.165) is 0 Å². The molecule has 2 heterocycles. The van der Waals surface area contributed by atoms with Crippen molar-refractivity contribution in [3.63, 3.8) is 0 Å². The third-order valence-corrected chi connectivity index (χ3v) is 8.80. The van der Waals surface area contributed by atoms with Gasteiger partial charge in [-0.05, 0) is 60.1 Å². The fourth-order valence-corrected chi connectivity index (χ4v) is 5.87. The van der Waals surface area contributed by atoms with Gasteiger partial charge in [0.05, 0.1) is 40.6 Å². The highest BCUT2D eigenvalue weighted by atomic mass is 16.7. The van der Waals surface area contributed by atoms with Gasteiger partial charge >= 0.3 is 0 Å². The third-order valence-electron chi connectivity index (χ3n) is 8.80. The maximum Gasteiger partial charge on any atom is 0.186 e. The van der Waals surface area contributed by atoms with Crippen molar-refractivity contribution in [1.82, 2.24) is 0 Å². The van der Waals surface area contributed by atoms with Crippen LogP contribution >= 0.6 is 0 Å². The van der Waals surface area contributed by atoms with Crippen LogP contribution in [0, 0.1) is 11.8 Å². The Morgan fingerprint density at radius 2 is 0.958 bits per heavy atom. The van der Waals surface area contributed by atoms with Crippen molar-refractivity contribution in [2.24, 2.45) is 11.8 Å². The molecule has 16 heteroatoms. The number of hydrogen-bond donors (Lipinski definition) is 10. The Labute approximate surface area is 276 Å². The van der Waals surface area contributed by atoms with Gasteiger partial charge in [-0.25, -0.2) is 0 Å². The van der Waals surface area contributed by atoms with Gasteiger partial charge in [0.1, 0.15) is 48.8 Å². The monoisotopic (exact) mass is 686 g/mol. The number of methoxy groups -OCH3 is 2. The minimum atomic E-state index is -1.67. The zero-order valence-electron chi connectivity index (χ0n) is 26.6.